The Bertz CT molecular complexity index is 1180. The van der Waals surface area contributed by atoms with E-state index in [1.165, 1.54) is 12.1 Å². The number of hydrogen-bond donors (Lipinski definition) is 0. The van der Waals surface area contributed by atoms with Gasteiger partial charge in [-0.2, -0.15) is 0 Å². The summed E-state index contributed by atoms with van der Waals surface area (Å²) in [7, 11) is 0. The molecule has 0 saturated heterocycles. The quantitative estimate of drug-likeness (QED) is 0.309. The lowest BCUT2D eigenvalue weighted by atomic mass is 10.1. The van der Waals surface area contributed by atoms with E-state index >= 15 is 0 Å². The first-order valence-corrected chi connectivity index (χ1v) is 7.78. The molecule has 4 aromatic rings. The van der Waals surface area contributed by atoms with E-state index in [0.29, 0.717) is 11.2 Å². The fourth-order valence-corrected chi connectivity index (χ4v) is 2.89. The number of fused-ring (bicyclic) bond motifs is 2. The van der Waals surface area contributed by atoms with Crippen molar-refractivity contribution in [1.82, 2.24) is 0 Å². The van der Waals surface area contributed by atoms with Crippen LogP contribution in [0.3, 0.4) is 0 Å². The summed E-state index contributed by atoms with van der Waals surface area (Å²) in [6.07, 6.45) is 0. The highest BCUT2D eigenvalue weighted by Gasteiger charge is 2.19. The second-order valence-corrected chi connectivity index (χ2v) is 5.85. The number of carbonyl (C=O) groups is 1. The zero-order valence-corrected chi connectivity index (χ0v) is 13.7. The van der Waals surface area contributed by atoms with E-state index in [2.05, 4.69) is 0 Å². The van der Waals surface area contributed by atoms with Crippen molar-refractivity contribution in [3.05, 3.63) is 75.8 Å². The topological polar surface area (TPSA) is 69.7 Å². The zero-order valence-electron chi connectivity index (χ0n) is 13.7. The van der Waals surface area contributed by atoms with Crippen LogP contribution in [0, 0.1) is 13.8 Å². The maximum Gasteiger partial charge on any atom is 0.379 e. The molecule has 2 aromatic heterocycles. The van der Waals surface area contributed by atoms with Crippen LogP contribution in [-0.2, 0) is 0 Å². The van der Waals surface area contributed by atoms with Gasteiger partial charge in [-0.25, -0.2) is 9.59 Å². The molecule has 0 aliphatic rings. The average molecular weight is 334 g/mol. The maximum atomic E-state index is 12.5. The summed E-state index contributed by atoms with van der Waals surface area (Å²) in [5, 5.41) is 1.66. The Hall–Kier alpha value is -3.34. The molecular weight excluding hydrogens is 320 g/mol. The summed E-state index contributed by atoms with van der Waals surface area (Å²) in [5.74, 6) is -0.152. The van der Waals surface area contributed by atoms with Gasteiger partial charge in [-0.3, -0.25) is 0 Å². The third-order valence-electron chi connectivity index (χ3n) is 4.16. The highest BCUT2D eigenvalue weighted by Crippen LogP contribution is 2.27. The van der Waals surface area contributed by atoms with E-state index in [-0.39, 0.29) is 11.5 Å². The Kier molecular flexibility index (Phi) is 3.42. The summed E-state index contributed by atoms with van der Waals surface area (Å²) < 4.78 is 16.2. The lowest BCUT2D eigenvalue weighted by Gasteiger charge is -2.05. The normalized spacial score (nSPS) is 11.1. The molecule has 0 atom stereocenters. The van der Waals surface area contributed by atoms with Crippen molar-refractivity contribution in [2.45, 2.75) is 13.8 Å². The average Bonchev–Trinajstić information content (AvgIpc) is 2.92. The van der Waals surface area contributed by atoms with Crippen LogP contribution in [0.1, 0.15) is 21.7 Å². The Balaban J connectivity index is 1.71. The van der Waals surface area contributed by atoms with Gasteiger partial charge in [0.25, 0.3) is 0 Å². The molecule has 0 amide bonds. The van der Waals surface area contributed by atoms with Crippen molar-refractivity contribution in [2.24, 2.45) is 0 Å². The van der Waals surface area contributed by atoms with Crippen LogP contribution in [0.15, 0.2) is 62.2 Å². The number of rotatable bonds is 2. The molecule has 0 radical (unpaired) electrons. The lowest BCUT2D eigenvalue weighted by Crippen LogP contribution is -2.08. The molecule has 0 saturated carbocycles. The highest BCUT2D eigenvalue weighted by molar-refractivity contribution is 5.97. The Labute approximate surface area is 142 Å². The van der Waals surface area contributed by atoms with Gasteiger partial charge in [0.05, 0.1) is 0 Å². The number of para-hydroxylation sites is 1. The number of ether oxygens (including phenoxy) is 1. The van der Waals surface area contributed by atoms with Crippen LogP contribution in [0.25, 0.3) is 21.9 Å². The van der Waals surface area contributed by atoms with Gasteiger partial charge in [-0.1, -0.05) is 18.2 Å². The second-order valence-electron chi connectivity index (χ2n) is 5.85. The molecule has 0 aliphatic heterocycles. The number of carbonyl (C=O) groups excluding carboxylic acids is 1. The minimum atomic E-state index is -0.594. The number of benzene rings is 2. The Morgan fingerprint density at radius 1 is 0.920 bits per heavy atom. The first-order valence-electron chi connectivity index (χ1n) is 7.78. The molecule has 25 heavy (non-hydrogen) atoms. The Morgan fingerprint density at radius 3 is 2.52 bits per heavy atom. The van der Waals surface area contributed by atoms with E-state index in [4.69, 9.17) is 13.6 Å². The SMILES string of the molecule is Cc1cc(=O)oc2cc(OC(=O)c3oc4ccccc4c3C)ccc12. The molecule has 0 aliphatic carbocycles. The van der Waals surface area contributed by atoms with Crippen LogP contribution in [0.5, 0.6) is 5.75 Å². The summed E-state index contributed by atoms with van der Waals surface area (Å²) in [6, 6.07) is 13.8. The van der Waals surface area contributed by atoms with Crippen LogP contribution in [0.2, 0.25) is 0 Å². The second kappa shape index (κ2) is 5.63. The molecule has 4 rings (SSSR count). The van der Waals surface area contributed by atoms with Crippen molar-refractivity contribution in [1.29, 1.82) is 0 Å². The number of aryl methyl sites for hydroxylation is 2. The molecule has 0 spiro atoms. The van der Waals surface area contributed by atoms with Gasteiger partial charge in [0.15, 0.2) is 0 Å². The smallest absolute Gasteiger partial charge is 0.379 e. The molecule has 0 N–H and O–H groups in total. The summed E-state index contributed by atoms with van der Waals surface area (Å²) in [5.41, 5.74) is 2.09. The van der Waals surface area contributed by atoms with Crippen LogP contribution in [-0.4, -0.2) is 5.97 Å². The third kappa shape index (κ3) is 2.59. The Morgan fingerprint density at radius 2 is 1.72 bits per heavy atom. The fourth-order valence-electron chi connectivity index (χ4n) is 2.89. The predicted octanol–water partition coefficient (Wildman–Crippen LogP) is 4.38. The van der Waals surface area contributed by atoms with Gasteiger partial charge >= 0.3 is 11.6 Å². The number of esters is 1. The van der Waals surface area contributed by atoms with E-state index in [9.17, 15) is 9.59 Å². The molecule has 5 nitrogen and oxygen atoms in total. The third-order valence-corrected chi connectivity index (χ3v) is 4.16. The predicted molar refractivity (Wildman–Crippen MR) is 93.1 cm³/mol. The van der Waals surface area contributed by atoms with Crippen LogP contribution >= 0.6 is 0 Å². The molecule has 0 bridgehead atoms. The molecule has 2 aromatic carbocycles. The van der Waals surface area contributed by atoms with Crippen molar-refractivity contribution < 1.29 is 18.4 Å². The molecule has 124 valence electrons. The van der Waals surface area contributed by atoms with Gasteiger partial charge in [-0.15, -0.1) is 0 Å². The van der Waals surface area contributed by atoms with Gasteiger partial charge in [0.2, 0.25) is 5.76 Å². The first-order chi connectivity index (χ1) is 12.0. The zero-order chi connectivity index (χ0) is 17.6. The molecular formula is C20H14O5. The fraction of sp³-hybridized carbons (Fsp3) is 0.100. The summed E-state index contributed by atoms with van der Waals surface area (Å²) in [6.45, 7) is 3.63. The largest absolute Gasteiger partial charge is 0.449 e. The highest BCUT2D eigenvalue weighted by atomic mass is 16.5. The first kappa shape index (κ1) is 15.2. The van der Waals surface area contributed by atoms with E-state index in [1.807, 2.05) is 32.0 Å². The summed E-state index contributed by atoms with van der Waals surface area (Å²) in [4.78, 5) is 24.0. The van der Waals surface area contributed by atoms with E-state index in [1.54, 1.807) is 18.2 Å². The number of hydrogen-bond acceptors (Lipinski definition) is 5. The maximum absolute atomic E-state index is 12.5. The van der Waals surface area contributed by atoms with Gasteiger partial charge in [-0.05, 0) is 37.6 Å². The standard InChI is InChI=1S/C20H14O5/c1-11-9-18(21)24-17-10-13(7-8-14(11)17)23-20(22)19-12(2)15-5-3-4-6-16(15)25-19/h3-10H,1-2H3. The number of furan rings is 1. The van der Waals surface area contributed by atoms with Crippen molar-refractivity contribution in [3.63, 3.8) is 0 Å². The monoisotopic (exact) mass is 334 g/mol. The van der Waals surface area contributed by atoms with Gasteiger partial charge in [0, 0.05) is 28.5 Å². The lowest BCUT2D eigenvalue weighted by molar-refractivity contribution is 0.0703. The minimum Gasteiger partial charge on any atom is -0.449 e. The van der Waals surface area contributed by atoms with Crippen LogP contribution in [0.4, 0.5) is 0 Å². The van der Waals surface area contributed by atoms with E-state index < -0.39 is 11.6 Å². The molecule has 2 heterocycles. The minimum absolute atomic E-state index is 0.159. The van der Waals surface area contributed by atoms with E-state index in [0.717, 1.165) is 21.9 Å². The van der Waals surface area contributed by atoms with Gasteiger partial charge in [0.1, 0.15) is 16.9 Å². The van der Waals surface area contributed by atoms with Gasteiger partial charge < -0.3 is 13.6 Å². The molecule has 0 unspecified atom stereocenters. The van der Waals surface area contributed by atoms with Crippen molar-refractivity contribution >= 4 is 27.9 Å². The van der Waals surface area contributed by atoms with Crippen molar-refractivity contribution in [3.8, 4) is 5.75 Å². The van der Waals surface area contributed by atoms with Crippen LogP contribution < -0.4 is 10.4 Å². The molecule has 0 fully saturated rings. The summed E-state index contributed by atoms with van der Waals surface area (Å²) >= 11 is 0. The van der Waals surface area contributed by atoms with Crippen molar-refractivity contribution in [2.75, 3.05) is 0 Å². The molecule has 5 heteroatoms.